The van der Waals surface area contributed by atoms with E-state index in [9.17, 15) is 9.59 Å². The van der Waals surface area contributed by atoms with E-state index in [4.69, 9.17) is 9.15 Å². The lowest BCUT2D eigenvalue weighted by molar-refractivity contribution is -0.142. The van der Waals surface area contributed by atoms with E-state index in [0.717, 1.165) is 23.4 Å². The summed E-state index contributed by atoms with van der Waals surface area (Å²) in [6.45, 7) is 5.57. The van der Waals surface area contributed by atoms with Crippen LogP contribution in [0.4, 0.5) is 0 Å². The maximum absolute atomic E-state index is 13.4. The maximum Gasteiger partial charge on any atom is 0.233 e. The molecule has 9 nitrogen and oxygen atoms in total. The largest absolute Gasteiger partial charge is 0.497 e. The number of aromatic nitrogens is 3. The first-order valence-corrected chi connectivity index (χ1v) is 14.4. The maximum atomic E-state index is 13.4. The van der Waals surface area contributed by atoms with Gasteiger partial charge in [0.2, 0.25) is 17.6 Å². The molecule has 1 saturated heterocycles. The summed E-state index contributed by atoms with van der Waals surface area (Å²) in [6.07, 6.45) is 2.33. The van der Waals surface area contributed by atoms with Crippen molar-refractivity contribution < 1.29 is 18.7 Å². The molecule has 2 atom stereocenters. The van der Waals surface area contributed by atoms with Crippen LogP contribution >= 0.6 is 11.8 Å². The zero-order valence-electron chi connectivity index (χ0n) is 22.9. The lowest BCUT2D eigenvalue weighted by atomic mass is 9.94. The predicted molar refractivity (Wildman–Crippen MR) is 154 cm³/mol. The summed E-state index contributed by atoms with van der Waals surface area (Å²) >= 11 is 1.33. The zero-order valence-corrected chi connectivity index (χ0v) is 23.7. The summed E-state index contributed by atoms with van der Waals surface area (Å²) in [5, 5.41) is 9.32. The van der Waals surface area contributed by atoms with Crippen LogP contribution in [0.3, 0.4) is 0 Å². The molecule has 0 bridgehead atoms. The Balaban J connectivity index is 1.26. The summed E-state index contributed by atoms with van der Waals surface area (Å²) < 4.78 is 12.8. The minimum absolute atomic E-state index is 0.00267. The van der Waals surface area contributed by atoms with E-state index in [1.54, 1.807) is 19.4 Å². The van der Waals surface area contributed by atoms with Gasteiger partial charge in [-0.05, 0) is 55.3 Å². The van der Waals surface area contributed by atoms with Gasteiger partial charge in [0.15, 0.2) is 10.9 Å². The SMILES string of the molecule is CCC(C(=O)N1CCN(C(=O)CSc2nnc(-c3ccco3)n2-c2ccc(OC)cc2)CC1C)c1ccccc1. The Morgan fingerprint density at radius 1 is 1.05 bits per heavy atom. The number of ether oxygens (including phenoxy) is 1. The number of benzene rings is 2. The number of furan rings is 1. The number of rotatable bonds is 9. The normalized spacial score (nSPS) is 16.1. The van der Waals surface area contributed by atoms with Crippen LogP contribution in [0.1, 0.15) is 31.7 Å². The molecular formula is C30H33N5O4S. The molecule has 1 aliphatic rings. The van der Waals surface area contributed by atoms with E-state index >= 15 is 0 Å². The summed E-state index contributed by atoms with van der Waals surface area (Å²) in [5.74, 6) is 2.03. The fourth-order valence-electron chi connectivity index (χ4n) is 5.06. The summed E-state index contributed by atoms with van der Waals surface area (Å²) in [6, 6.07) is 21.0. The minimum Gasteiger partial charge on any atom is -0.497 e. The Hall–Kier alpha value is -4.05. The standard InChI is InChI=1S/C30H33N5O4S/c1-4-25(22-9-6-5-7-10-22)29(37)34-17-16-33(19-21(34)2)27(36)20-40-30-32-31-28(26-11-8-18-39-26)35(30)23-12-14-24(38-3)15-13-23/h5-15,18,21,25H,4,16-17,19-20H2,1-3H3. The number of thioether (sulfide) groups is 1. The second kappa shape index (κ2) is 12.4. The van der Waals surface area contributed by atoms with Crippen molar-refractivity contribution >= 4 is 23.6 Å². The van der Waals surface area contributed by atoms with E-state index in [2.05, 4.69) is 10.2 Å². The summed E-state index contributed by atoms with van der Waals surface area (Å²) in [7, 11) is 1.62. The molecule has 0 saturated carbocycles. The molecule has 2 aromatic carbocycles. The average Bonchev–Trinajstić information content (AvgIpc) is 3.67. The van der Waals surface area contributed by atoms with Crippen molar-refractivity contribution in [1.82, 2.24) is 24.6 Å². The van der Waals surface area contributed by atoms with Gasteiger partial charge in [-0.3, -0.25) is 14.2 Å². The van der Waals surface area contributed by atoms with Crippen LogP contribution in [0, 0.1) is 0 Å². The third-order valence-corrected chi connectivity index (χ3v) is 8.12. The van der Waals surface area contributed by atoms with Gasteiger partial charge in [0.1, 0.15) is 5.75 Å². The summed E-state index contributed by atoms with van der Waals surface area (Å²) in [5.41, 5.74) is 1.86. The number of hydrogen-bond donors (Lipinski definition) is 0. The fraction of sp³-hybridized carbons (Fsp3) is 0.333. The van der Waals surface area contributed by atoms with Crippen LogP contribution in [0.15, 0.2) is 82.6 Å². The van der Waals surface area contributed by atoms with Gasteiger partial charge < -0.3 is 19.0 Å². The monoisotopic (exact) mass is 559 g/mol. The third kappa shape index (κ3) is 5.77. The van der Waals surface area contributed by atoms with Gasteiger partial charge in [0.05, 0.1) is 30.7 Å². The third-order valence-electron chi connectivity index (χ3n) is 7.20. The van der Waals surface area contributed by atoms with Gasteiger partial charge >= 0.3 is 0 Å². The molecule has 1 fully saturated rings. The number of nitrogens with zero attached hydrogens (tertiary/aromatic N) is 5. The molecule has 1 aliphatic heterocycles. The molecule has 3 heterocycles. The molecule has 2 amide bonds. The van der Waals surface area contributed by atoms with Crippen molar-refractivity contribution in [3.05, 3.63) is 78.6 Å². The van der Waals surface area contributed by atoms with Crippen molar-refractivity contribution in [2.24, 2.45) is 0 Å². The molecule has 2 aromatic heterocycles. The van der Waals surface area contributed by atoms with E-state index in [1.165, 1.54) is 11.8 Å². The highest BCUT2D eigenvalue weighted by atomic mass is 32.2. The minimum atomic E-state index is -0.172. The smallest absolute Gasteiger partial charge is 0.233 e. The van der Waals surface area contributed by atoms with Gasteiger partial charge in [0, 0.05) is 25.7 Å². The van der Waals surface area contributed by atoms with Crippen LogP contribution in [0.2, 0.25) is 0 Å². The number of amides is 2. The van der Waals surface area contributed by atoms with Crippen molar-refractivity contribution in [2.45, 2.75) is 37.4 Å². The van der Waals surface area contributed by atoms with Crippen LogP contribution in [-0.2, 0) is 9.59 Å². The van der Waals surface area contributed by atoms with E-state index < -0.39 is 0 Å². The highest BCUT2D eigenvalue weighted by Gasteiger charge is 2.33. The molecule has 4 aromatic rings. The second-order valence-electron chi connectivity index (χ2n) is 9.70. The molecule has 40 heavy (non-hydrogen) atoms. The molecule has 2 unspecified atom stereocenters. The Morgan fingerprint density at radius 2 is 1.82 bits per heavy atom. The molecular weight excluding hydrogens is 526 g/mol. The Bertz CT molecular complexity index is 1420. The van der Waals surface area contributed by atoms with Gasteiger partial charge in [0.25, 0.3) is 0 Å². The lowest BCUT2D eigenvalue weighted by Crippen LogP contribution is -2.56. The quantitative estimate of drug-likeness (QED) is 0.270. The van der Waals surface area contributed by atoms with Crippen molar-refractivity contribution in [2.75, 3.05) is 32.5 Å². The Labute approximate surface area is 238 Å². The zero-order chi connectivity index (χ0) is 28.1. The number of carbonyl (C=O) groups excluding carboxylic acids is 2. The number of piperazine rings is 1. The molecule has 0 radical (unpaired) electrons. The van der Waals surface area contributed by atoms with E-state index in [-0.39, 0.29) is 29.5 Å². The molecule has 5 rings (SSSR count). The first-order chi connectivity index (χ1) is 19.5. The lowest BCUT2D eigenvalue weighted by Gasteiger charge is -2.41. The van der Waals surface area contributed by atoms with Crippen LogP contribution < -0.4 is 4.74 Å². The Kier molecular flexibility index (Phi) is 8.54. The number of hydrogen-bond acceptors (Lipinski definition) is 7. The second-order valence-corrected chi connectivity index (χ2v) is 10.6. The highest BCUT2D eigenvalue weighted by molar-refractivity contribution is 7.99. The Morgan fingerprint density at radius 3 is 2.48 bits per heavy atom. The fourth-order valence-corrected chi connectivity index (χ4v) is 5.92. The van der Waals surface area contributed by atoms with Crippen LogP contribution in [0.5, 0.6) is 5.75 Å². The first kappa shape index (κ1) is 27.5. The highest BCUT2D eigenvalue weighted by Crippen LogP contribution is 2.30. The number of carbonyl (C=O) groups is 2. The molecule has 0 N–H and O–H groups in total. The molecule has 0 spiro atoms. The topological polar surface area (TPSA) is 93.7 Å². The van der Waals surface area contributed by atoms with Gasteiger partial charge in [-0.15, -0.1) is 10.2 Å². The first-order valence-electron chi connectivity index (χ1n) is 13.4. The van der Waals surface area contributed by atoms with Gasteiger partial charge in [-0.1, -0.05) is 49.0 Å². The average molecular weight is 560 g/mol. The molecule has 10 heteroatoms. The molecule has 0 aliphatic carbocycles. The van der Waals surface area contributed by atoms with E-state index in [1.807, 2.05) is 88.9 Å². The van der Waals surface area contributed by atoms with Gasteiger partial charge in [-0.2, -0.15) is 0 Å². The van der Waals surface area contributed by atoms with Crippen LogP contribution in [-0.4, -0.2) is 74.9 Å². The van der Waals surface area contributed by atoms with E-state index in [0.29, 0.717) is 36.4 Å². The predicted octanol–water partition coefficient (Wildman–Crippen LogP) is 4.88. The molecule has 208 valence electrons. The summed E-state index contributed by atoms with van der Waals surface area (Å²) in [4.78, 5) is 30.5. The number of methoxy groups -OCH3 is 1. The van der Waals surface area contributed by atoms with Crippen molar-refractivity contribution in [3.63, 3.8) is 0 Å². The van der Waals surface area contributed by atoms with Gasteiger partial charge in [-0.25, -0.2) is 0 Å². The van der Waals surface area contributed by atoms with Crippen LogP contribution in [0.25, 0.3) is 17.3 Å². The van der Waals surface area contributed by atoms with Crippen molar-refractivity contribution in [3.8, 4) is 23.0 Å². The van der Waals surface area contributed by atoms with Crippen molar-refractivity contribution in [1.29, 1.82) is 0 Å².